The molecule has 2 aromatic carbocycles. The van der Waals surface area contributed by atoms with Gasteiger partial charge in [0.25, 0.3) is 0 Å². The molecule has 0 aliphatic rings. The highest BCUT2D eigenvalue weighted by atomic mass is 32.2. The van der Waals surface area contributed by atoms with E-state index in [0.29, 0.717) is 12.4 Å². The van der Waals surface area contributed by atoms with Gasteiger partial charge in [-0.2, -0.15) is 0 Å². The SMILES string of the molecule is CCOc1ccc(S(=O)(=O)NCCC(=O)NC(C)c2ccc(CC)cc2)cc1. The Hall–Kier alpha value is -2.38. The summed E-state index contributed by atoms with van der Waals surface area (Å²) in [5.74, 6) is 0.406. The van der Waals surface area contributed by atoms with Crippen molar-refractivity contribution in [1.82, 2.24) is 10.0 Å². The molecule has 0 aliphatic heterocycles. The molecule has 0 bridgehead atoms. The second kappa shape index (κ2) is 10.2. The van der Waals surface area contributed by atoms with Crippen LogP contribution in [0.25, 0.3) is 0 Å². The van der Waals surface area contributed by atoms with Crippen molar-refractivity contribution >= 4 is 15.9 Å². The van der Waals surface area contributed by atoms with Gasteiger partial charge in [0, 0.05) is 13.0 Å². The van der Waals surface area contributed by atoms with E-state index in [1.165, 1.54) is 17.7 Å². The maximum atomic E-state index is 12.3. The van der Waals surface area contributed by atoms with E-state index >= 15 is 0 Å². The second-order valence-corrected chi connectivity index (χ2v) is 8.20. The van der Waals surface area contributed by atoms with E-state index in [9.17, 15) is 13.2 Å². The lowest BCUT2D eigenvalue weighted by atomic mass is 10.0. The number of carbonyl (C=O) groups excluding carboxylic acids is 1. The standard InChI is InChI=1S/C21H28N2O4S/c1-4-17-6-8-18(9-7-17)16(3)23-21(24)14-15-22-28(25,26)20-12-10-19(11-13-20)27-5-2/h6-13,16,22H,4-5,14-15H2,1-3H3,(H,23,24). The molecule has 0 aliphatic carbocycles. The third kappa shape index (κ3) is 6.35. The molecule has 28 heavy (non-hydrogen) atoms. The molecule has 2 rings (SSSR count). The fourth-order valence-corrected chi connectivity index (χ4v) is 3.73. The quantitative estimate of drug-likeness (QED) is 0.637. The predicted octanol–water partition coefficient (Wildman–Crippen LogP) is 3.19. The molecule has 1 atom stereocenters. The minimum Gasteiger partial charge on any atom is -0.494 e. The van der Waals surface area contributed by atoms with E-state index in [1.54, 1.807) is 12.1 Å². The minimum atomic E-state index is -3.66. The van der Waals surface area contributed by atoms with E-state index in [2.05, 4.69) is 17.0 Å². The van der Waals surface area contributed by atoms with Crippen molar-refractivity contribution in [2.75, 3.05) is 13.2 Å². The largest absolute Gasteiger partial charge is 0.494 e. The summed E-state index contributed by atoms with van der Waals surface area (Å²) in [6.07, 6.45) is 1.03. The third-order valence-electron chi connectivity index (χ3n) is 4.35. The molecule has 152 valence electrons. The van der Waals surface area contributed by atoms with Crippen molar-refractivity contribution in [3.8, 4) is 5.75 Å². The summed E-state index contributed by atoms with van der Waals surface area (Å²) in [5, 5.41) is 2.89. The van der Waals surface area contributed by atoms with Crippen molar-refractivity contribution in [3.05, 3.63) is 59.7 Å². The molecule has 0 saturated heterocycles. The molecule has 1 unspecified atom stereocenters. The normalized spacial score (nSPS) is 12.4. The molecular formula is C21H28N2O4S. The highest BCUT2D eigenvalue weighted by molar-refractivity contribution is 7.89. The van der Waals surface area contributed by atoms with E-state index in [4.69, 9.17) is 4.74 Å². The summed E-state index contributed by atoms with van der Waals surface area (Å²) in [7, 11) is -3.66. The van der Waals surface area contributed by atoms with Gasteiger partial charge in [-0.3, -0.25) is 4.79 Å². The number of ether oxygens (including phenoxy) is 1. The van der Waals surface area contributed by atoms with E-state index in [-0.39, 0.29) is 29.8 Å². The summed E-state index contributed by atoms with van der Waals surface area (Å²) in [5.41, 5.74) is 2.26. The number of rotatable bonds is 10. The lowest BCUT2D eigenvalue weighted by molar-refractivity contribution is -0.121. The zero-order chi connectivity index (χ0) is 20.6. The molecule has 0 fully saturated rings. The average molecular weight is 405 g/mol. The Balaban J connectivity index is 1.83. The van der Waals surface area contributed by atoms with E-state index < -0.39 is 10.0 Å². The lowest BCUT2D eigenvalue weighted by Gasteiger charge is -2.15. The van der Waals surface area contributed by atoms with Crippen molar-refractivity contribution in [1.29, 1.82) is 0 Å². The number of sulfonamides is 1. The second-order valence-electron chi connectivity index (χ2n) is 6.44. The van der Waals surface area contributed by atoms with Gasteiger partial charge in [-0.1, -0.05) is 31.2 Å². The lowest BCUT2D eigenvalue weighted by Crippen LogP contribution is -2.32. The number of benzene rings is 2. The Morgan fingerprint density at radius 3 is 2.25 bits per heavy atom. The van der Waals surface area contributed by atoms with Gasteiger partial charge in [0.1, 0.15) is 5.75 Å². The van der Waals surface area contributed by atoms with Crippen molar-refractivity contribution in [3.63, 3.8) is 0 Å². The number of aryl methyl sites for hydroxylation is 1. The highest BCUT2D eigenvalue weighted by Gasteiger charge is 2.15. The van der Waals surface area contributed by atoms with Crippen LogP contribution < -0.4 is 14.8 Å². The summed E-state index contributed by atoms with van der Waals surface area (Å²) >= 11 is 0. The van der Waals surface area contributed by atoms with Gasteiger partial charge < -0.3 is 10.1 Å². The van der Waals surface area contributed by atoms with Gasteiger partial charge in [0.15, 0.2) is 0 Å². The van der Waals surface area contributed by atoms with Crippen molar-refractivity contribution in [2.45, 2.75) is 44.6 Å². The molecule has 0 radical (unpaired) electrons. The Morgan fingerprint density at radius 1 is 1.04 bits per heavy atom. The monoisotopic (exact) mass is 404 g/mol. The summed E-state index contributed by atoms with van der Waals surface area (Å²) in [4.78, 5) is 12.3. The van der Waals surface area contributed by atoms with Crippen LogP contribution in [-0.4, -0.2) is 27.5 Å². The van der Waals surface area contributed by atoms with Crippen LogP contribution in [0.15, 0.2) is 53.4 Å². The average Bonchev–Trinajstić information content (AvgIpc) is 2.68. The van der Waals surface area contributed by atoms with Crippen LogP contribution in [0.2, 0.25) is 0 Å². The molecule has 0 spiro atoms. The molecule has 0 aromatic heterocycles. The maximum absolute atomic E-state index is 12.3. The predicted molar refractivity (Wildman–Crippen MR) is 110 cm³/mol. The van der Waals surface area contributed by atoms with Crippen molar-refractivity contribution in [2.24, 2.45) is 0 Å². The molecule has 0 heterocycles. The molecule has 0 saturated carbocycles. The molecule has 6 nitrogen and oxygen atoms in total. The van der Waals surface area contributed by atoms with Crippen LogP contribution in [-0.2, 0) is 21.2 Å². The van der Waals surface area contributed by atoms with Gasteiger partial charge in [-0.25, -0.2) is 13.1 Å². The van der Waals surface area contributed by atoms with Crippen molar-refractivity contribution < 1.29 is 17.9 Å². The molecule has 7 heteroatoms. The van der Waals surface area contributed by atoms with Crippen LogP contribution in [0.4, 0.5) is 0 Å². The number of carbonyl (C=O) groups is 1. The number of hydrogen-bond acceptors (Lipinski definition) is 4. The Kier molecular flexibility index (Phi) is 8.02. The number of amides is 1. The Bertz CT molecular complexity index is 862. The van der Waals surface area contributed by atoms with Crippen LogP contribution in [0.5, 0.6) is 5.75 Å². The maximum Gasteiger partial charge on any atom is 0.240 e. The number of hydrogen-bond donors (Lipinski definition) is 2. The van der Waals surface area contributed by atoms with Crippen LogP contribution in [0.1, 0.15) is 44.4 Å². The Labute approximate surface area is 167 Å². The zero-order valence-corrected chi connectivity index (χ0v) is 17.4. The van der Waals surface area contributed by atoms with Gasteiger partial charge in [-0.15, -0.1) is 0 Å². The smallest absolute Gasteiger partial charge is 0.240 e. The fraction of sp³-hybridized carbons (Fsp3) is 0.381. The summed E-state index contributed by atoms with van der Waals surface area (Å²) in [6.45, 7) is 6.40. The first kappa shape index (κ1) is 21.9. The van der Waals surface area contributed by atoms with Crippen LogP contribution >= 0.6 is 0 Å². The molecule has 2 N–H and O–H groups in total. The number of nitrogens with one attached hydrogen (secondary N) is 2. The molecule has 1 amide bonds. The van der Waals surface area contributed by atoms with E-state index in [0.717, 1.165) is 12.0 Å². The third-order valence-corrected chi connectivity index (χ3v) is 5.83. The molecule has 2 aromatic rings. The van der Waals surface area contributed by atoms with Gasteiger partial charge in [0.2, 0.25) is 15.9 Å². The first-order valence-electron chi connectivity index (χ1n) is 9.46. The first-order chi connectivity index (χ1) is 13.4. The topological polar surface area (TPSA) is 84.5 Å². The zero-order valence-electron chi connectivity index (χ0n) is 16.6. The summed E-state index contributed by atoms with van der Waals surface area (Å²) < 4.78 is 32.4. The van der Waals surface area contributed by atoms with Gasteiger partial charge in [-0.05, 0) is 55.7 Å². The van der Waals surface area contributed by atoms with Gasteiger partial charge in [0.05, 0.1) is 17.5 Å². The van der Waals surface area contributed by atoms with Crippen LogP contribution in [0.3, 0.4) is 0 Å². The Morgan fingerprint density at radius 2 is 1.68 bits per heavy atom. The summed E-state index contributed by atoms with van der Waals surface area (Å²) in [6, 6.07) is 14.1. The van der Waals surface area contributed by atoms with E-state index in [1.807, 2.05) is 38.1 Å². The van der Waals surface area contributed by atoms with Crippen LogP contribution in [0, 0.1) is 0 Å². The van der Waals surface area contributed by atoms with Gasteiger partial charge >= 0.3 is 0 Å². The minimum absolute atomic E-state index is 0.0306. The fourth-order valence-electron chi connectivity index (χ4n) is 2.70. The molecular weight excluding hydrogens is 376 g/mol. The first-order valence-corrected chi connectivity index (χ1v) is 10.9. The highest BCUT2D eigenvalue weighted by Crippen LogP contribution is 2.16.